The monoisotopic (exact) mass is 348 g/mol. The van der Waals surface area contributed by atoms with E-state index in [1.807, 2.05) is 42.5 Å². The number of nitrogens with two attached hydrogens (primary N) is 2. The summed E-state index contributed by atoms with van der Waals surface area (Å²) in [4.78, 5) is 0.519. The van der Waals surface area contributed by atoms with Crippen LogP contribution in [0.2, 0.25) is 0 Å². The molecule has 5 nitrogen and oxygen atoms in total. The van der Waals surface area contributed by atoms with E-state index in [9.17, 15) is 4.21 Å². The topological polar surface area (TPSA) is 84.7 Å². The summed E-state index contributed by atoms with van der Waals surface area (Å²) in [5.41, 5.74) is 0. The molecule has 1 saturated carbocycles. The van der Waals surface area contributed by atoms with Gasteiger partial charge in [-0.2, -0.15) is 0 Å². The SMILES string of the molecule is NN(N)S(=O)(=NC1CCCCCCC1)c1ccccccccc1. The maximum Gasteiger partial charge on any atom is 0.166 e. The Morgan fingerprint density at radius 3 is 1.79 bits per heavy atom. The Labute approximate surface area is 145 Å². The standard InChI is InChI=1S/C18H28N4OS/c19-22(20)24(23,21-17-13-9-5-4-6-10-14-17)18-15-11-7-2-1-3-8-12-16-18/h1-3,7-8,11-12,15-17H,4-6,9-10,13-14,19-20H2. The summed E-state index contributed by atoms with van der Waals surface area (Å²) in [6, 6.07) is 16.7. The first-order valence-electron chi connectivity index (χ1n) is 8.57. The lowest BCUT2D eigenvalue weighted by atomic mass is 9.98. The van der Waals surface area contributed by atoms with Crippen molar-refractivity contribution in [1.29, 1.82) is 0 Å². The van der Waals surface area contributed by atoms with Gasteiger partial charge in [0.15, 0.2) is 9.92 Å². The van der Waals surface area contributed by atoms with E-state index in [1.54, 1.807) is 12.1 Å². The molecule has 132 valence electrons. The number of hydrogen-bond acceptors (Lipinski definition) is 4. The largest absolute Gasteiger partial charge is 0.242 e. The molecule has 0 spiro atoms. The van der Waals surface area contributed by atoms with Gasteiger partial charge in [-0.05, 0) is 25.0 Å². The fourth-order valence-electron chi connectivity index (χ4n) is 2.83. The van der Waals surface area contributed by atoms with Gasteiger partial charge in [0, 0.05) is 0 Å². The number of rotatable bonds is 3. The van der Waals surface area contributed by atoms with Gasteiger partial charge in [0.25, 0.3) is 0 Å². The van der Waals surface area contributed by atoms with Crippen LogP contribution in [0.3, 0.4) is 0 Å². The zero-order chi connectivity index (χ0) is 17.3. The second kappa shape index (κ2) is 9.74. The molecule has 1 aromatic carbocycles. The lowest BCUT2D eigenvalue weighted by molar-refractivity contribution is 0.443. The molecule has 4 N–H and O–H groups in total. The summed E-state index contributed by atoms with van der Waals surface area (Å²) >= 11 is 0. The zero-order valence-corrected chi connectivity index (χ0v) is 14.9. The maximum absolute atomic E-state index is 13.5. The van der Waals surface area contributed by atoms with Crippen molar-refractivity contribution in [2.45, 2.75) is 55.9 Å². The van der Waals surface area contributed by atoms with Crippen molar-refractivity contribution in [2.24, 2.45) is 16.0 Å². The average molecular weight is 349 g/mol. The molecule has 0 saturated heterocycles. The Balaban J connectivity index is 2.46. The third-order valence-corrected chi connectivity index (χ3v) is 6.19. The van der Waals surface area contributed by atoms with Crippen molar-refractivity contribution < 1.29 is 4.21 Å². The van der Waals surface area contributed by atoms with E-state index in [0.717, 1.165) is 30.2 Å². The van der Waals surface area contributed by atoms with E-state index < -0.39 is 9.92 Å². The van der Waals surface area contributed by atoms with Crippen LogP contribution in [-0.4, -0.2) is 14.8 Å². The molecule has 0 heterocycles. The molecule has 1 aromatic rings. The first-order valence-corrected chi connectivity index (χ1v) is 10.0. The normalized spacial score (nSPS) is 18.8. The molecular weight excluding hydrogens is 320 g/mol. The van der Waals surface area contributed by atoms with Crippen LogP contribution in [-0.2, 0) is 9.92 Å². The second-order valence-electron chi connectivity index (χ2n) is 6.04. The molecule has 1 atom stereocenters. The summed E-state index contributed by atoms with van der Waals surface area (Å²) in [5.74, 6) is 11.5. The number of nitrogens with zero attached hydrogens (tertiary/aromatic N) is 2. The van der Waals surface area contributed by atoms with Gasteiger partial charge in [-0.3, -0.25) is 0 Å². The molecule has 6 heteroatoms. The molecule has 24 heavy (non-hydrogen) atoms. The predicted molar refractivity (Wildman–Crippen MR) is 99.2 cm³/mol. The lowest BCUT2D eigenvalue weighted by Gasteiger charge is -2.21. The zero-order valence-electron chi connectivity index (χ0n) is 14.1. The van der Waals surface area contributed by atoms with E-state index in [0.29, 0.717) is 4.90 Å². The summed E-state index contributed by atoms with van der Waals surface area (Å²) in [6.45, 7) is 0. The van der Waals surface area contributed by atoms with Crippen molar-refractivity contribution >= 4 is 9.92 Å². The molecule has 1 unspecified atom stereocenters. The minimum atomic E-state index is -3.02. The molecule has 1 aliphatic rings. The van der Waals surface area contributed by atoms with E-state index in [2.05, 4.69) is 4.36 Å². The second-order valence-corrected chi connectivity index (χ2v) is 8.14. The van der Waals surface area contributed by atoms with Crippen molar-refractivity contribution in [3.8, 4) is 0 Å². The highest BCUT2D eigenvalue weighted by atomic mass is 32.2. The van der Waals surface area contributed by atoms with Gasteiger partial charge >= 0.3 is 0 Å². The van der Waals surface area contributed by atoms with Crippen LogP contribution >= 0.6 is 0 Å². The molecule has 0 bridgehead atoms. The van der Waals surface area contributed by atoms with Crippen molar-refractivity contribution in [1.82, 2.24) is 4.52 Å². The highest BCUT2D eigenvalue weighted by Gasteiger charge is 2.20. The van der Waals surface area contributed by atoms with Gasteiger partial charge in [0.1, 0.15) is 0 Å². The van der Waals surface area contributed by atoms with E-state index in [1.165, 1.54) is 19.3 Å². The van der Waals surface area contributed by atoms with E-state index in [4.69, 9.17) is 11.7 Å². The molecule has 0 radical (unpaired) electrons. The van der Waals surface area contributed by atoms with Crippen LogP contribution in [0, 0.1) is 0 Å². The Kier molecular flexibility index (Phi) is 7.65. The van der Waals surface area contributed by atoms with Gasteiger partial charge in [-0.15, -0.1) is 0 Å². The van der Waals surface area contributed by atoms with Gasteiger partial charge < -0.3 is 0 Å². The molecular formula is C18H28N4OS. The van der Waals surface area contributed by atoms with Crippen LogP contribution < -0.4 is 11.7 Å². The quantitative estimate of drug-likeness (QED) is 0.645. The van der Waals surface area contributed by atoms with Gasteiger partial charge in [0.05, 0.1) is 10.9 Å². The minimum Gasteiger partial charge on any atom is -0.242 e. The third-order valence-electron chi connectivity index (χ3n) is 4.15. The predicted octanol–water partition coefficient (Wildman–Crippen LogP) is 3.72. The van der Waals surface area contributed by atoms with Crippen molar-refractivity contribution in [3.63, 3.8) is 0 Å². The summed E-state index contributed by atoms with van der Waals surface area (Å²) in [5, 5.41) is 0. The first kappa shape index (κ1) is 18.9. The highest BCUT2D eigenvalue weighted by molar-refractivity contribution is 7.91. The Morgan fingerprint density at radius 2 is 1.29 bits per heavy atom. The van der Waals surface area contributed by atoms with Crippen LogP contribution in [0.1, 0.15) is 44.9 Å². The van der Waals surface area contributed by atoms with Gasteiger partial charge in [-0.1, -0.05) is 79.1 Å². The first-order chi connectivity index (χ1) is 11.6. The molecule has 1 aliphatic carbocycles. The fraction of sp³-hybridized carbons (Fsp3) is 0.444. The lowest BCUT2D eigenvalue weighted by Crippen LogP contribution is -2.43. The Hall–Kier alpha value is -1.47. The van der Waals surface area contributed by atoms with Crippen LogP contribution in [0.15, 0.2) is 63.9 Å². The van der Waals surface area contributed by atoms with E-state index in [-0.39, 0.29) is 6.04 Å². The summed E-state index contributed by atoms with van der Waals surface area (Å²) in [6.07, 6.45) is 7.82. The number of hydrogen-bond donors (Lipinski definition) is 2. The highest BCUT2D eigenvalue weighted by Crippen LogP contribution is 2.23. The van der Waals surface area contributed by atoms with E-state index >= 15 is 0 Å². The van der Waals surface area contributed by atoms with Crippen molar-refractivity contribution in [2.75, 3.05) is 0 Å². The molecule has 0 aromatic heterocycles. The smallest absolute Gasteiger partial charge is 0.166 e. The average Bonchev–Trinajstić information content (AvgIpc) is 2.54. The fourth-order valence-corrected chi connectivity index (χ4v) is 4.43. The van der Waals surface area contributed by atoms with Crippen LogP contribution in [0.25, 0.3) is 0 Å². The van der Waals surface area contributed by atoms with Gasteiger partial charge in [0.2, 0.25) is 0 Å². The molecule has 0 amide bonds. The minimum absolute atomic E-state index is 0.0384. The molecule has 0 aliphatic heterocycles. The van der Waals surface area contributed by atoms with Gasteiger partial charge in [-0.25, -0.2) is 20.3 Å². The molecule has 2 rings (SSSR count). The molecule has 1 fully saturated rings. The van der Waals surface area contributed by atoms with Crippen molar-refractivity contribution in [3.05, 3.63) is 54.6 Å². The Bertz CT molecular complexity index is 649. The summed E-state index contributed by atoms with van der Waals surface area (Å²) < 4.78 is 18.9. The third kappa shape index (κ3) is 5.56. The van der Waals surface area contributed by atoms with Crippen LogP contribution in [0.4, 0.5) is 0 Å². The Morgan fingerprint density at radius 1 is 0.833 bits per heavy atom. The number of hydrazine groups is 2. The summed E-state index contributed by atoms with van der Waals surface area (Å²) in [7, 11) is -3.02. The van der Waals surface area contributed by atoms with Crippen LogP contribution in [0.5, 0.6) is 0 Å². The maximum atomic E-state index is 13.5.